The molecule has 0 saturated heterocycles. The highest BCUT2D eigenvalue weighted by atomic mass is 32.2. The number of hydrogen-bond acceptors (Lipinski definition) is 6. The monoisotopic (exact) mass is 422 g/mol. The maximum atomic E-state index is 10.7. The number of unbranched alkanes of at least 4 members (excludes halogenated alkanes) is 2. The highest BCUT2D eigenvalue weighted by molar-refractivity contribution is 7.85. The Morgan fingerprint density at radius 3 is 2.21 bits per heavy atom. The third-order valence-electron chi connectivity index (χ3n) is 3.93. The Hall–Kier alpha value is -2.78. The summed E-state index contributed by atoms with van der Waals surface area (Å²) in [7, 11) is -2.57. The van der Waals surface area contributed by atoms with Crippen LogP contribution in [0, 0.1) is 0 Å². The Kier molecular flexibility index (Phi) is 8.75. The van der Waals surface area contributed by atoms with E-state index in [1.165, 1.54) is 0 Å². The van der Waals surface area contributed by atoms with Crippen LogP contribution in [0.1, 0.15) is 24.8 Å². The minimum absolute atomic E-state index is 0.0317. The van der Waals surface area contributed by atoms with Crippen molar-refractivity contribution in [2.45, 2.75) is 19.3 Å². The molecular formula is C20H26N2O6S. The molecule has 0 unspecified atom stereocenters. The standard InChI is InChI=1S/C20H26N2O6S/c1-26-18-7-3-4-8-19(18)28-14-6-2-5-13-27-17-11-9-16(10-12-17)20(21)22-15-29(23,24)25/h3-4,7-12H,2,5-6,13-15H2,1H3,(H2,21,22)(H,23,24,25). The number of nitrogens with two attached hydrogens (primary N) is 1. The van der Waals surface area contributed by atoms with E-state index < -0.39 is 16.0 Å². The van der Waals surface area contributed by atoms with Gasteiger partial charge in [0.2, 0.25) is 0 Å². The largest absolute Gasteiger partial charge is 0.494 e. The predicted molar refractivity (Wildman–Crippen MR) is 111 cm³/mol. The average molecular weight is 423 g/mol. The summed E-state index contributed by atoms with van der Waals surface area (Å²) in [5, 5.41) is 0. The molecule has 9 heteroatoms. The minimum atomic E-state index is -4.18. The Balaban J connectivity index is 1.65. The van der Waals surface area contributed by atoms with E-state index in [0.717, 1.165) is 30.8 Å². The number of ether oxygens (including phenoxy) is 3. The quantitative estimate of drug-likeness (QED) is 0.233. The van der Waals surface area contributed by atoms with Gasteiger partial charge >= 0.3 is 0 Å². The second-order valence-electron chi connectivity index (χ2n) is 6.19. The van der Waals surface area contributed by atoms with Gasteiger partial charge < -0.3 is 19.9 Å². The van der Waals surface area contributed by atoms with Gasteiger partial charge in [-0.2, -0.15) is 8.42 Å². The summed E-state index contributed by atoms with van der Waals surface area (Å²) in [6, 6.07) is 14.4. The predicted octanol–water partition coefficient (Wildman–Crippen LogP) is 2.87. The minimum Gasteiger partial charge on any atom is -0.494 e. The van der Waals surface area contributed by atoms with Gasteiger partial charge in [0, 0.05) is 5.56 Å². The Morgan fingerprint density at radius 2 is 1.59 bits per heavy atom. The molecular weight excluding hydrogens is 396 g/mol. The van der Waals surface area contributed by atoms with Crippen LogP contribution in [-0.4, -0.2) is 45.0 Å². The van der Waals surface area contributed by atoms with Crippen molar-refractivity contribution in [3.63, 3.8) is 0 Å². The average Bonchev–Trinajstić information content (AvgIpc) is 2.71. The second kappa shape index (κ2) is 11.3. The maximum absolute atomic E-state index is 10.7. The molecule has 158 valence electrons. The van der Waals surface area contributed by atoms with E-state index >= 15 is 0 Å². The molecule has 0 aliphatic carbocycles. The van der Waals surface area contributed by atoms with Gasteiger partial charge in [-0.1, -0.05) is 12.1 Å². The summed E-state index contributed by atoms with van der Waals surface area (Å²) in [6.45, 7) is 1.18. The lowest BCUT2D eigenvalue weighted by Crippen LogP contribution is -2.16. The van der Waals surface area contributed by atoms with E-state index in [1.807, 2.05) is 24.3 Å². The topological polar surface area (TPSA) is 120 Å². The molecule has 0 spiro atoms. The third-order valence-corrected chi connectivity index (χ3v) is 4.39. The van der Waals surface area contributed by atoms with Gasteiger partial charge in [-0.15, -0.1) is 0 Å². The molecule has 3 N–H and O–H groups in total. The molecule has 2 aromatic carbocycles. The third kappa shape index (κ3) is 8.41. The van der Waals surface area contributed by atoms with Crippen molar-refractivity contribution in [3.8, 4) is 17.2 Å². The van der Waals surface area contributed by atoms with Crippen molar-refractivity contribution in [1.29, 1.82) is 0 Å². The van der Waals surface area contributed by atoms with Crippen LogP contribution < -0.4 is 19.9 Å². The molecule has 0 bridgehead atoms. The van der Waals surface area contributed by atoms with Crippen LogP contribution in [0.25, 0.3) is 0 Å². The van der Waals surface area contributed by atoms with Gasteiger partial charge in [0.1, 0.15) is 11.6 Å². The second-order valence-corrected chi connectivity index (χ2v) is 7.61. The van der Waals surface area contributed by atoms with Gasteiger partial charge in [0.05, 0.1) is 20.3 Å². The van der Waals surface area contributed by atoms with Crippen LogP contribution in [0.4, 0.5) is 0 Å². The molecule has 0 aromatic heterocycles. The molecule has 0 aliphatic heterocycles. The van der Waals surface area contributed by atoms with Crippen LogP contribution in [-0.2, 0) is 10.1 Å². The van der Waals surface area contributed by atoms with Gasteiger partial charge in [0.25, 0.3) is 10.1 Å². The van der Waals surface area contributed by atoms with Gasteiger partial charge in [-0.25, -0.2) is 4.99 Å². The first kappa shape index (κ1) is 22.5. The lowest BCUT2D eigenvalue weighted by Gasteiger charge is -2.10. The highest BCUT2D eigenvalue weighted by Crippen LogP contribution is 2.25. The summed E-state index contributed by atoms with van der Waals surface area (Å²) in [5.41, 5.74) is 6.25. The molecule has 2 rings (SSSR count). The van der Waals surface area contributed by atoms with Crippen molar-refractivity contribution in [2.75, 3.05) is 26.2 Å². The Bertz CT molecular complexity index is 897. The van der Waals surface area contributed by atoms with E-state index in [4.69, 9.17) is 24.5 Å². The summed E-state index contributed by atoms with van der Waals surface area (Å²) in [4.78, 5) is 3.63. The lowest BCUT2D eigenvalue weighted by atomic mass is 10.2. The van der Waals surface area contributed by atoms with E-state index in [9.17, 15) is 8.42 Å². The Labute approximate surface area is 171 Å². The van der Waals surface area contributed by atoms with Crippen LogP contribution in [0.3, 0.4) is 0 Å². The lowest BCUT2D eigenvalue weighted by molar-refractivity contribution is 0.270. The fourth-order valence-corrected chi connectivity index (χ4v) is 2.76. The van der Waals surface area contributed by atoms with Crippen LogP contribution in [0.5, 0.6) is 17.2 Å². The summed E-state index contributed by atoms with van der Waals surface area (Å²) < 4.78 is 46.7. The van der Waals surface area contributed by atoms with Crippen molar-refractivity contribution >= 4 is 16.0 Å². The molecule has 29 heavy (non-hydrogen) atoms. The number of amidine groups is 1. The first-order valence-corrected chi connectivity index (χ1v) is 10.7. The SMILES string of the molecule is COc1ccccc1OCCCCCOc1ccc(C(N)=NCS(=O)(=O)O)cc1. The van der Waals surface area contributed by atoms with Gasteiger partial charge in [0.15, 0.2) is 17.4 Å². The van der Waals surface area contributed by atoms with E-state index in [2.05, 4.69) is 4.99 Å². The number of rotatable bonds is 12. The van der Waals surface area contributed by atoms with Crippen molar-refractivity contribution in [1.82, 2.24) is 0 Å². The number of hydrogen-bond donors (Lipinski definition) is 2. The molecule has 8 nitrogen and oxygen atoms in total. The van der Waals surface area contributed by atoms with Crippen molar-refractivity contribution < 1.29 is 27.2 Å². The molecule has 0 amide bonds. The molecule has 0 radical (unpaired) electrons. The fourth-order valence-electron chi connectivity index (χ4n) is 2.46. The first-order valence-electron chi connectivity index (χ1n) is 9.13. The summed E-state index contributed by atoms with van der Waals surface area (Å²) in [6.07, 6.45) is 2.75. The normalized spacial score (nSPS) is 11.9. The highest BCUT2D eigenvalue weighted by Gasteiger charge is 2.05. The number of aliphatic imine (C=N–C) groups is 1. The van der Waals surface area contributed by atoms with Crippen molar-refractivity contribution in [2.24, 2.45) is 10.7 Å². The fraction of sp³-hybridized carbons (Fsp3) is 0.350. The van der Waals surface area contributed by atoms with Crippen LogP contribution in [0.15, 0.2) is 53.5 Å². The number of benzene rings is 2. The van der Waals surface area contributed by atoms with E-state index in [0.29, 0.717) is 24.5 Å². The van der Waals surface area contributed by atoms with E-state index in [-0.39, 0.29) is 5.84 Å². The van der Waals surface area contributed by atoms with Gasteiger partial charge in [-0.05, 0) is 55.7 Å². The molecule has 0 fully saturated rings. The molecule has 0 aliphatic rings. The zero-order valence-corrected chi connectivity index (χ0v) is 17.1. The maximum Gasteiger partial charge on any atom is 0.285 e. The summed E-state index contributed by atoms with van der Waals surface area (Å²) >= 11 is 0. The number of para-hydroxylation sites is 2. The van der Waals surface area contributed by atoms with E-state index in [1.54, 1.807) is 31.4 Å². The zero-order chi connectivity index (χ0) is 21.1. The first-order chi connectivity index (χ1) is 13.9. The van der Waals surface area contributed by atoms with Crippen molar-refractivity contribution in [3.05, 3.63) is 54.1 Å². The Morgan fingerprint density at radius 1 is 0.966 bits per heavy atom. The van der Waals surface area contributed by atoms with Crippen LogP contribution >= 0.6 is 0 Å². The smallest absolute Gasteiger partial charge is 0.285 e. The molecule has 0 atom stereocenters. The summed E-state index contributed by atoms with van der Waals surface area (Å²) in [5.74, 6) is 1.41. The van der Waals surface area contributed by atoms with Crippen LogP contribution in [0.2, 0.25) is 0 Å². The van der Waals surface area contributed by atoms with Gasteiger partial charge in [-0.3, -0.25) is 4.55 Å². The molecule has 0 heterocycles. The molecule has 0 saturated carbocycles. The number of methoxy groups -OCH3 is 1. The molecule has 2 aromatic rings. The number of nitrogens with zero attached hydrogens (tertiary/aromatic N) is 1. The zero-order valence-electron chi connectivity index (χ0n) is 16.3.